The zero-order valence-corrected chi connectivity index (χ0v) is 10.9. The molecule has 0 aliphatic carbocycles. The fourth-order valence-corrected chi connectivity index (χ4v) is 2.62. The summed E-state index contributed by atoms with van der Waals surface area (Å²) in [7, 11) is 1.69. The Balaban J connectivity index is 2.27. The summed E-state index contributed by atoms with van der Waals surface area (Å²) in [6, 6.07) is 8.19. The van der Waals surface area contributed by atoms with E-state index in [1.165, 1.54) is 15.9 Å². The molecule has 0 aromatic carbocycles. The summed E-state index contributed by atoms with van der Waals surface area (Å²) in [5.41, 5.74) is 6.64. The largest absolute Gasteiger partial charge is 0.463 e. The maximum absolute atomic E-state index is 12.1. The minimum Gasteiger partial charge on any atom is -0.463 e. The van der Waals surface area contributed by atoms with E-state index in [0.717, 1.165) is 0 Å². The number of hydrogen-bond acceptors (Lipinski definition) is 5. The van der Waals surface area contributed by atoms with Gasteiger partial charge in [-0.05, 0) is 24.3 Å². The van der Waals surface area contributed by atoms with E-state index in [4.69, 9.17) is 10.2 Å². The van der Waals surface area contributed by atoms with Crippen molar-refractivity contribution in [3.05, 3.63) is 47.1 Å². The van der Waals surface area contributed by atoms with Crippen LogP contribution in [-0.4, -0.2) is 9.55 Å². The van der Waals surface area contributed by atoms with Crippen LogP contribution in [0.3, 0.4) is 0 Å². The molecule has 0 bridgehead atoms. The van der Waals surface area contributed by atoms with Crippen LogP contribution in [0.1, 0.15) is 0 Å². The number of nitrogens with zero attached hydrogens (tertiary/aromatic N) is 2. The van der Waals surface area contributed by atoms with Crippen molar-refractivity contribution in [2.75, 3.05) is 5.73 Å². The van der Waals surface area contributed by atoms with Crippen LogP contribution in [0.15, 0.2) is 39.9 Å². The van der Waals surface area contributed by atoms with Crippen molar-refractivity contribution in [1.29, 1.82) is 0 Å². The van der Waals surface area contributed by atoms with Crippen LogP contribution in [0.25, 0.3) is 21.9 Å². The first-order valence-electron chi connectivity index (χ1n) is 5.54. The van der Waals surface area contributed by atoms with Gasteiger partial charge in [0.2, 0.25) is 0 Å². The van der Waals surface area contributed by atoms with Gasteiger partial charge in [0.15, 0.2) is 10.9 Å². The van der Waals surface area contributed by atoms with Crippen molar-refractivity contribution >= 4 is 16.5 Å². The molecule has 3 heterocycles. The van der Waals surface area contributed by atoms with Crippen molar-refractivity contribution in [2.24, 2.45) is 7.05 Å². The van der Waals surface area contributed by atoms with Crippen molar-refractivity contribution < 1.29 is 4.42 Å². The molecule has 6 heteroatoms. The zero-order valence-electron chi connectivity index (χ0n) is 10.1. The molecule has 5 nitrogen and oxygen atoms in total. The predicted molar refractivity (Wildman–Crippen MR) is 73.7 cm³/mol. The van der Waals surface area contributed by atoms with E-state index in [2.05, 4.69) is 11.1 Å². The minimum atomic E-state index is -0.140. The fraction of sp³-hybridized carbons (Fsp3) is 0.0769. The maximum Gasteiger partial charge on any atom is 0.259 e. The molecule has 2 N–H and O–H groups in total. The van der Waals surface area contributed by atoms with Gasteiger partial charge in [-0.15, -0.1) is 0 Å². The smallest absolute Gasteiger partial charge is 0.259 e. The lowest BCUT2D eigenvalue weighted by Gasteiger charge is -2.01. The molecule has 95 valence electrons. The molecule has 3 aromatic heterocycles. The number of pyridine rings is 1. The quantitative estimate of drug-likeness (QED) is 0.775. The van der Waals surface area contributed by atoms with Gasteiger partial charge in [0, 0.05) is 13.2 Å². The van der Waals surface area contributed by atoms with Gasteiger partial charge in [-0.25, -0.2) is 4.98 Å². The number of nitrogen functional groups attached to an aromatic ring is 1. The third-order valence-electron chi connectivity index (χ3n) is 2.69. The van der Waals surface area contributed by atoms with Crippen molar-refractivity contribution in [3.63, 3.8) is 0 Å². The summed E-state index contributed by atoms with van der Waals surface area (Å²) in [5, 5.41) is 0.390. The van der Waals surface area contributed by atoms with Crippen molar-refractivity contribution in [2.45, 2.75) is 0 Å². The summed E-state index contributed by atoms with van der Waals surface area (Å²) in [6.07, 6.45) is 3.21. The SMILES string of the molecule is Cn1cc[c]c(-c2sc(N)nc2-c2ccco2)c1=O. The van der Waals surface area contributed by atoms with E-state index in [1.54, 1.807) is 37.7 Å². The lowest BCUT2D eigenvalue weighted by atomic mass is 10.2. The molecular formula is C13H10N3O2S. The van der Waals surface area contributed by atoms with Gasteiger partial charge >= 0.3 is 0 Å². The molecule has 0 aliphatic heterocycles. The first kappa shape index (κ1) is 11.7. The zero-order chi connectivity index (χ0) is 13.4. The molecule has 0 aliphatic rings. The molecule has 0 saturated carbocycles. The summed E-state index contributed by atoms with van der Waals surface area (Å²) in [6.45, 7) is 0. The number of aromatic nitrogens is 2. The van der Waals surface area contributed by atoms with Crippen LogP contribution >= 0.6 is 11.3 Å². The highest BCUT2D eigenvalue weighted by atomic mass is 32.1. The van der Waals surface area contributed by atoms with E-state index in [0.29, 0.717) is 27.0 Å². The summed E-state index contributed by atoms with van der Waals surface area (Å²) in [4.78, 5) is 17.0. The Kier molecular flexibility index (Phi) is 2.72. The summed E-state index contributed by atoms with van der Waals surface area (Å²) >= 11 is 1.25. The van der Waals surface area contributed by atoms with E-state index in [1.807, 2.05) is 0 Å². The van der Waals surface area contributed by atoms with E-state index in [9.17, 15) is 4.79 Å². The standard InChI is InChI=1S/C13H10N3O2S/c1-16-6-2-4-8(12(16)17)11-10(15-13(14)19-11)9-5-3-7-18-9/h2-3,5-7H,1H3,(H2,14,15). The number of furan rings is 1. The van der Waals surface area contributed by atoms with Crippen LogP contribution in [0.5, 0.6) is 0 Å². The van der Waals surface area contributed by atoms with Gasteiger partial charge in [0.1, 0.15) is 5.69 Å². The van der Waals surface area contributed by atoms with Gasteiger partial charge in [0.05, 0.1) is 16.7 Å². The summed E-state index contributed by atoms with van der Waals surface area (Å²) < 4.78 is 6.82. The molecular weight excluding hydrogens is 262 g/mol. The second kappa shape index (κ2) is 4.40. The van der Waals surface area contributed by atoms with Gasteiger partial charge in [-0.2, -0.15) is 0 Å². The second-order valence-corrected chi connectivity index (χ2v) is 4.99. The predicted octanol–water partition coefficient (Wildman–Crippen LogP) is 2.15. The van der Waals surface area contributed by atoms with Gasteiger partial charge in [-0.3, -0.25) is 4.79 Å². The third kappa shape index (κ3) is 1.96. The highest BCUT2D eigenvalue weighted by Crippen LogP contribution is 2.36. The summed E-state index contributed by atoms with van der Waals surface area (Å²) in [5.74, 6) is 0.585. The van der Waals surface area contributed by atoms with E-state index < -0.39 is 0 Å². The first-order chi connectivity index (χ1) is 9.16. The molecule has 0 unspecified atom stereocenters. The molecule has 0 amide bonds. The molecule has 0 saturated heterocycles. The molecule has 0 spiro atoms. The number of anilines is 1. The fourth-order valence-electron chi connectivity index (χ4n) is 1.79. The molecule has 1 radical (unpaired) electrons. The molecule has 3 rings (SSSR count). The average molecular weight is 272 g/mol. The maximum atomic E-state index is 12.1. The monoisotopic (exact) mass is 272 g/mol. The number of rotatable bonds is 2. The van der Waals surface area contributed by atoms with Gasteiger partial charge in [-0.1, -0.05) is 11.3 Å². The Bertz CT molecular complexity index is 772. The Morgan fingerprint density at radius 2 is 2.37 bits per heavy atom. The number of nitrogens with two attached hydrogens (primary N) is 1. The van der Waals surface area contributed by atoms with Gasteiger partial charge < -0.3 is 14.7 Å². The van der Waals surface area contributed by atoms with Crippen molar-refractivity contribution in [1.82, 2.24) is 9.55 Å². The number of thiazole rings is 1. The Morgan fingerprint density at radius 1 is 1.53 bits per heavy atom. The first-order valence-corrected chi connectivity index (χ1v) is 6.36. The van der Waals surface area contributed by atoms with Crippen LogP contribution in [0, 0.1) is 6.07 Å². The lowest BCUT2D eigenvalue weighted by molar-refractivity contribution is 0.581. The highest BCUT2D eigenvalue weighted by Gasteiger charge is 2.18. The lowest BCUT2D eigenvalue weighted by Crippen LogP contribution is -2.17. The molecule has 0 fully saturated rings. The Hall–Kier alpha value is -2.34. The Morgan fingerprint density at radius 3 is 3.11 bits per heavy atom. The van der Waals surface area contributed by atoms with E-state index in [-0.39, 0.29) is 5.56 Å². The van der Waals surface area contributed by atoms with Crippen LogP contribution in [0.4, 0.5) is 5.13 Å². The number of hydrogen-bond donors (Lipinski definition) is 1. The minimum absolute atomic E-state index is 0.140. The Labute approximate surface area is 112 Å². The van der Waals surface area contributed by atoms with Gasteiger partial charge in [0.25, 0.3) is 5.56 Å². The highest BCUT2D eigenvalue weighted by molar-refractivity contribution is 7.19. The molecule has 3 aromatic rings. The normalized spacial score (nSPS) is 10.8. The number of aryl methyl sites for hydroxylation is 1. The molecule has 0 atom stereocenters. The van der Waals surface area contributed by atoms with Crippen LogP contribution < -0.4 is 11.3 Å². The topological polar surface area (TPSA) is 74.1 Å². The van der Waals surface area contributed by atoms with E-state index >= 15 is 0 Å². The van der Waals surface area contributed by atoms with Crippen molar-refractivity contribution in [3.8, 4) is 21.9 Å². The second-order valence-electron chi connectivity index (χ2n) is 3.96. The molecule has 19 heavy (non-hydrogen) atoms. The van der Waals surface area contributed by atoms with Crippen LogP contribution in [0.2, 0.25) is 0 Å². The average Bonchev–Trinajstić information content (AvgIpc) is 3.01. The third-order valence-corrected chi connectivity index (χ3v) is 3.59. The van der Waals surface area contributed by atoms with Crippen LogP contribution in [-0.2, 0) is 7.05 Å².